The molecule has 0 fully saturated rings. The molecule has 122 valence electrons. The Labute approximate surface area is 143 Å². The molecular formula is C18H18BrFO3. The van der Waals surface area contributed by atoms with Gasteiger partial charge in [0.2, 0.25) is 0 Å². The van der Waals surface area contributed by atoms with Gasteiger partial charge in [0, 0.05) is 0 Å². The van der Waals surface area contributed by atoms with Gasteiger partial charge in [0.25, 0.3) is 0 Å². The molecule has 2 aromatic carbocycles. The van der Waals surface area contributed by atoms with Gasteiger partial charge in [-0.05, 0) is 59.5 Å². The van der Waals surface area contributed by atoms with Crippen molar-refractivity contribution in [3.8, 4) is 5.75 Å². The van der Waals surface area contributed by atoms with Crippen LogP contribution in [-0.2, 0) is 17.8 Å². The van der Waals surface area contributed by atoms with Crippen molar-refractivity contribution in [3.63, 3.8) is 0 Å². The molecule has 0 bridgehead atoms. The fraction of sp³-hybridized carbons (Fsp3) is 0.278. The van der Waals surface area contributed by atoms with E-state index >= 15 is 0 Å². The van der Waals surface area contributed by atoms with Crippen LogP contribution in [-0.4, -0.2) is 11.1 Å². The first-order valence-electron chi connectivity index (χ1n) is 7.17. The first-order valence-corrected chi connectivity index (χ1v) is 7.97. The van der Waals surface area contributed by atoms with Crippen LogP contribution in [0.15, 0.2) is 46.9 Å². The minimum Gasteiger partial charge on any atom is -0.485 e. The van der Waals surface area contributed by atoms with E-state index in [1.807, 2.05) is 30.3 Å². The van der Waals surface area contributed by atoms with Crippen LogP contribution in [0.4, 0.5) is 4.39 Å². The van der Waals surface area contributed by atoms with Gasteiger partial charge in [-0.1, -0.05) is 30.3 Å². The van der Waals surface area contributed by atoms with Crippen LogP contribution in [0.1, 0.15) is 25.0 Å². The second-order valence-electron chi connectivity index (χ2n) is 6.03. The third kappa shape index (κ3) is 4.55. The lowest BCUT2D eigenvalue weighted by molar-refractivity contribution is -0.146. The molecule has 2 rings (SSSR count). The van der Waals surface area contributed by atoms with Gasteiger partial charge in [-0.25, -0.2) is 4.39 Å². The van der Waals surface area contributed by atoms with Crippen molar-refractivity contribution in [3.05, 3.63) is 63.9 Å². The van der Waals surface area contributed by atoms with E-state index in [1.54, 1.807) is 19.9 Å². The van der Waals surface area contributed by atoms with Crippen molar-refractivity contribution < 1.29 is 19.0 Å². The first-order chi connectivity index (χ1) is 10.8. The van der Waals surface area contributed by atoms with Crippen LogP contribution < -0.4 is 4.74 Å². The fourth-order valence-corrected chi connectivity index (χ4v) is 2.77. The number of carbonyl (C=O) groups is 1. The molecule has 2 aromatic rings. The smallest absolute Gasteiger partial charge is 0.309 e. The molecule has 0 saturated carbocycles. The zero-order chi connectivity index (χ0) is 17.0. The van der Waals surface area contributed by atoms with Gasteiger partial charge in [-0.15, -0.1) is 0 Å². The molecule has 0 unspecified atom stereocenters. The normalized spacial score (nSPS) is 11.3. The maximum atomic E-state index is 14.3. The van der Waals surface area contributed by atoms with Crippen molar-refractivity contribution in [2.75, 3.05) is 0 Å². The van der Waals surface area contributed by atoms with Crippen LogP contribution in [0.2, 0.25) is 0 Å². The quantitative estimate of drug-likeness (QED) is 0.781. The third-order valence-electron chi connectivity index (χ3n) is 3.51. The Kier molecular flexibility index (Phi) is 5.42. The number of aliphatic carboxylic acids is 1. The van der Waals surface area contributed by atoms with Gasteiger partial charge >= 0.3 is 5.97 Å². The van der Waals surface area contributed by atoms with Crippen LogP contribution in [0, 0.1) is 11.2 Å². The van der Waals surface area contributed by atoms with E-state index in [1.165, 1.54) is 6.07 Å². The van der Waals surface area contributed by atoms with Crippen molar-refractivity contribution in [2.45, 2.75) is 26.9 Å². The maximum absolute atomic E-state index is 14.3. The molecule has 0 radical (unpaired) electrons. The second kappa shape index (κ2) is 7.13. The molecule has 1 N–H and O–H groups in total. The SMILES string of the molecule is CC(C)(Cc1cc(F)c(OCc2ccccc2)c(Br)c1)C(=O)O. The number of carboxylic acid groups (broad SMARTS) is 1. The Bertz CT molecular complexity index is 676. The molecule has 0 amide bonds. The molecule has 5 heteroatoms. The number of rotatable bonds is 6. The maximum Gasteiger partial charge on any atom is 0.309 e. The molecule has 0 aromatic heterocycles. The number of ether oxygens (including phenoxy) is 1. The monoisotopic (exact) mass is 380 g/mol. The number of halogens is 2. The number of benzene rings is 2. The summed E-state index contributed by atoms with van der Waals surface area (Å²) >= 11 is 3.30. The Morgan fingerprint density at radius 3 is 2.43 bits per heavy atom. The molecule has 0 atom stereocenters. The van der Waals surface area contributed by atoms with Crippen LogP contribution in [0.25, 0.3) is 0 Å². The number of carboxylic acids is 1. The highest BCUT2D eigenvalue weighted by atomic mass is 79.9. The predicted molar refractivity (Wildman–Crippen MR) is 90.0 cm³/mol. The lowest BCUT2D eigenvalue weighted by Crippen LogP contribution is -2.26. The molecule has 0 aliphatic heterocycles. The molecule has 0 saturated heterocycles. The number of hydrogen-bond acceptors (Lipinski definition) is 2. The standard InChI is InChI=1S/C18H18BrFO3/c1-18(2,17(21)22)10-13-8-14(19)16(15(20)9-13)23-11-12-6-4-3-5-7-12/h3-9H,10-11H2,1-2H3,(H,21,22). The van der Waals surface area contributed by atoms with Crippen molar-refractivity contribution in [1.82, 2.24) is 0 Å². The summed E-state index contributed by atoms with van der Waals surface area (Å²) in [5.41, 5.74) is 0.585. The summed E-state index contributed by atoms with van der Waals surface area (Å²) in [5.74, 6) is -1.30. The van der Waals surface area contributed by atoms with Gasteiger partial charge in [0.1, 0.15) is 6.61 Å². The summed E-state index contributed by atoms with van der Waals surface area (Å²) in [4.78, 5) is 11.2. The zero-order valence-corrected chi connectivity index (χ0v) is 14.6. The van der Waals surface area contributed by atoms with Gasteiger partial charge in [0.05, 0.1) is 9.89 Å². The van der Waals surface area contributed by atoms with Crippen LogP contribution in [0.5, 0.6) is 5.75 Å². The molecule has 3 nitrogen and oxygen atoms in total. The van der Waals surface area contributed by atoms with E-state index in [2.05, 4.69) is 15.9 Å². The Balaban J connectivity index is 2.16. The largest absolute Gasteiger partial charge is 0.485 e. The molecular weight excluding hydrogens is 363 g/mol. The van der Waals surface area contributed by atoms with E-state index in [4.69, 9.17) is 4.74 Å². The van der Waals surface area contributed by atoms with Gasteiger partial charge in [-0.3, -0.25) is 4.79 Å². The highest BCUT2D eigenvalue weighted by molar-refractivity contribution is 9.10. The van der Waals surface area contributed by atoms with E-state index in [-0.39, 0.29) is 18.8 Å². The molecule has 0 aliphatic rings. The van der Waals surface area contributed by atoms with Gasteiger partial charge < -0.3 is 9.84 Å². The van der Waals surface area contributed by atoms with E-state index in [9.17, 15) is 14.3 Å². The molecule has 23 heavy (non-hydrogen) atoms. The minimum atomic E-state index is -0.960. The average molecular weight is 381 g/mol. The fourth-order valence-electron chi connectivity index (χ4n) is 2.17. The number of hydrogen-bond donors (Lipinski definition) is 1. The Hall–Kier alpha value is -1.88. The molecule has 0 heterocycles. The van der Waals surface area contributed by atoms with Crippen LogP contribution in [0.3, 0.4) is 0 Å². The first kappa shape index (κ1) is 17.5. The van der Waals surface area contributed by atoms with E-state index in [0.717, 1.165) is 5.56 Å². The lowest BCUT2D eigenvalue weighted by Gasteiger charge is -2.20. The van der Waals surface area contributed by atoms with Crippen molar-refractivity contribution in [2.24, 2.45) is 5.41 Å². The average Bonchev–Trinajstić information content (AvgIpc) is 2.46. The highest BCUT2D eigenvalue weighted by Crippen LogP contribution is 2.33. The second-order valence-corrected chi connectivity index (χ2v) is 6.88. The highest BCUT2D eigenvalue weighted by Gasteiger charge is 2.28. The lowest BCUT2D eigenvalue weighted by atomic mass is 9.86. The molecule has 0 aliphatic carbocycles. The van der Waals surface area contributed by atoms with Crippen molar-refractivity contribution in [1.29, 1.82) is 0 Å². The van der Waals surface area contributed by atoms with E-state index < -0.39 is 17.2 Å². The summed E-state index contributed by atoms with van der Waals surface area (Å²) in [7, 11) is 0. The summed E-state index contributed by atoms with van der Waals surface area (Å²) in [6.45, 7) is 3.48. The summed E-state index contributed by atoms with van der Waals surface area (Å²) in [6, 6.07) is 12.5. The van der Waals surface area contributed by atoms with Crippen LogP contribution >= 0.6 is 15.9 Å². The van der Waals surface area contributed by atoms with Crippen molar-refractivity contribution >= 4 is 21.9 Å². The Morgan fingerprint density at radius 2 is 1.87 bits per heavy atom. The van der Waals surface area contributed by atoms with E-state index in [0.29, 0.717) is 10.0 Å². The topological polar surface area (TPSA) is 46.5 Å². The summed E-state index contributed by atoms with van der Waals surface area (Å²) in [6.07, 6.45) is 0.233. The Morgan fingerprint density at radius 1 is 1.22 bits per heavy atom. The predicted octanol–water partition coefficient (Wildman–Crippen LogP) is 4.82. The third-order valence-corrected chi connectivity index (χ3v) is 4.10. The van der Waals surface area contributed by atoms with Gasteiger partial charge in [-0.2, -0.15) is 0 Å². The van der Waals surface area contributed by atoms with Gasteiger partial charge in [0.15, 0.2) is 11.6 Å². The minimum absolute atomic E-state index is 0.130. The zero-order valence-electron chi connectivity index (χ0n) is 13.0. The molecule has 0 spiro atoms. The summed E-state index contributed by atoms with van der Waals surface area (Å²) in [5, 5.41) is 9.18. The summed E-state index contributed by atoms with van der Waals surface area (Å²) < 4.78 is 20.3.